The standard InChI is InChI=1S/C18H25N3O2/c1-19(2)18(23)21-11-15(13-4-3-5-14(22)10-13)17-16(21)12-6-8-20(17)9-7-12/h3-5,10,12,15-17,22H,6-9,11H2,1-2H3/t15-,16+,17+/m1/s1. The first-order valence-electron chi connectivity index (χ1n) is 8.57. The Labute approximate surface area is 137 Å². The Morgan fingerprint density at radius 3 is 2.61 bits per heavy atom. The van der Waals surface area contributed by atoms with Crippen molar-refractivity contribution in [3.05, 3.63) is 29.8 Å². The predicted molar refractivity (Wildman–Crippen MR) is 88.5 cm³/mol. The molecule has 0 unspecified atom stereocenters. The van der Waals surface area contributed by atoms with Crippen LogP contribution in [0, 0.1) is 5.92 Å². The van der Waals surface area contributed by atoms with Crippen molar-refractivity contribution < 1.29 is 9.90 Å². The molecule has 4 saturated heterocycles. The normalized spacial score (nSPS) is 35.2. The summed E-state index contributed by atoms with van der Waals surface area (Å²) in [6, 6.07) is 8.42. The van der Waals surface area contributed by atoms with Crippen molar-refractivity contribution >= 4 is 6.03 Å². The second-order valence-electron chi connectivity index (χ2n) is 7.39. The minimum Gasteiger partial charge on any atom is -0.508 e. The van der Waals surface area contributed by atoms with Gasteiger partial charge in [0.05, 0.1) is 6.04 Å². The number of carbonyl (C=O) groups is 1. The van der Waals surface area contributed by atoms with Crippen molar-refractivity contribution in [2.75, 3.05) is 33.7 Å². The number of amides is 2. The molecule has 1 aromatic rings. The summed E-state index contributed by atoms with van der Waals surface area (Å²) in [5.74, 6) is 1.22. The third-order valence-electron chi connectivity index (χ3n) is 5.92. The van der Waals surface area contributed by atoms with Crippen molar-refractivity contribution in [2.45, 2.75) is 30.8 Å². The van der Waals surface area contributed by atoms with E-state index in [4.69, 9.17) is 0 Å². The lowest BCUT2D eigenvalue weighted by Crippen LogP contribution is -2.61. The molecule has 0 aliphatic carbocycles. The van der Waals surface area contributed by atoms with Crippen LogP contribution in [0.2, 0.25) is 0 Å². The summed E-state index contributed by atoms with van der Waals surface area (Å²) in [5, 5.41) is 9.86. The van der Waals surface area contributed by atoms with E-state index in [1.54, 1.807) is 11.0 Å². The van der Waals surface area contributed by atoms with Gasteiger partial charge in [-0.1, -0.05) is 12.1 Å². The molecule has 4 heterocycles. The van der Waals surface area contributed by atoms with Crippen LogP contribution in [-0.4, -0.2) is 71.7 Å². The molecule has 1 aromatic carbocycles. The molecule has 0 saturated carbocycles. The number of urea groups is 1. The van der Waals surface area contributed by atoms with Crippen LogP contribution in [0.5, 0.6) is 5.75 Å². The number of hydrogen-bond donors (Lipinski definition) is 1. The molecular formula is C18H25N3O2. The smallest absolute Gasteiger partial charge is 0.319 e. The summed E-state index contributed by atoms with van der Waals surface area (Å²) >= 11 is 0. The molecule has 4 fully saturated rings. The van der Waals surface area contributed by atoms with Gasteiger partial charge in [-0.15, -0.1) is 0 Å². The fraction of sp³-hybridized carbons (Fsp3) is 0.611. The largest absolute Gasteiger partial charge is 0.508 e. The Bertz CT molecular complexity index is 610. The van der Waals surface area contributed by atoms with Crippen LogP contribution in [0.15, 0.2) is 24.3 Å². The van der Waals surface area contributed by atoms with E-state index < -0.39 is 0 Å². The lowest BCUT2D eigenvalue weighted by atomic mass is 9.75. The van der Waals surface area contributed by atoms with Crippen LogP contribution >= 0.6 is 0 Å². The third-order valence-corrected chi connectivity index (χ3v) is 5.92. The molecular weight excluding hydrogens is 290 g/mol. The van der Waals surface area contributed by atoms with Crippen molar-refractivity contribution in [1.82, 2.24) is 14.7 Å². The molecule has 5 nitrogen and oxygen atoms in total. The number of rotatable bonds is 1. The van der Waals surface area contributed by atoms with Crippen molar-refractivity contribution in [1.29, 1.82) is 0 Å². The molecule has 4 aliphatic rings. The zero-order chi connectivity index (χ0) is 16.1. The third kappa shape index (κ3) is 2.29. The number of fused-ring (bicyclic) bond motifs is 2. The van der Waals surface area contributed by atoms with Gasteiger partial charge in [-0.05, 0) is 49.5 Å². The molecule has 23 heavy (non-hydrogen) atoms. The average Bonchev–Trinajstić information content (AvgIpc) is 2.97. The zero-order valence-electron chi connectivity index (χ0n) is 13.9. The van der Waals surface area contributed by atoms with Crippen molar-refractivity contribution in [3.8, 4) is 5.75 Å². The first-order chi connectivity index (χ1) is 11.1. The molecule has 0 radical (unpaired) electrons. The fourth-order valence-corrected chi connectivity index (χ4v) is 4.95. The van der Waals surface area contributed by atoms with Gasteiger partial charge in [-0.2, -0.15) is 0 Å². The van der Waals surface area contributed by atoms with Gasteiger partial charge >= 0.3 is 6.03 Å². The number of piperidine rings is 3. The molecule has 0 spiro atoms. The molecule has 0 aromatic heterocycles. The van der Waals surface area contributed by atoms with E-state index in [1.165, 1.54) is 12.8 Å². The lowest BCUT2D eigenvalue weighted by molar-refractivity contribution is 0.000895. The molecule has 5 heteroatoms. The van der Waals surface area contributed by atoms with Gasteiger partial charge in [0.1, 0.15) is 5.75 Å². The summed E-state index contributed by atoms with van der Waals surface area (Å²) in [5.41, 5.74) is 1.15. The van der Waals surface area contributed by atoms with Gasteiger partial charge in [-0.3, -0.25) is 4.90 Å². The van der Waals surface area contributed by atoms with Gasteiger partial charge < -0.3 is 14.9 Å². The number of phenolic OH excluding ortho intramolecular Hbond substituents is 1. The van der Waals surface area contributed by atoms with Crippen LogP contribution in [-0.2, 0) is 0 Å². The van der Waals surface area contributed by atoms with E-state index in [-0.39, 0.29) is 6.03 Å². The quantitative estimate of drug-likeness (QED) is 0.861. The molecule has 124 valence electrons. The van der Waals surface area contributed by atoms with E-state index in [9.17, 15) is 9.90 Å². The minimum atomic E-state index is 0.122. The van der Waals surface area contributed by atoms with E-state index >= 15 is 0 Å². The fourth-order valence-electron chi connectivity index (χ4n) is 4.95. The van der Waals surface area contributed by atoms with Crippen molar-refractivity contribution in [2.24, 2.45) is 5.92 Å². The number of phenols is 1. The van der Waals surface area contributed by atoms with Gasteiger partial charge in [0.2, 0.25) is 0 Å². The highest BCUT2D eigenvalue weighted by Gasteiger charge is 2.54. The van der Waals surface area contributed by atoms with Crippen LogP contribution in [0.4, 0.5) is 4.79 Å². The number of benzene rings is 1. The minimum absolute atomic E-state index is 0.122. The van der Waals surface area contributed by atoms with Crippen LogP contribution in [0.3, 0.4) is 0 Å². The van der Waals surface area contributed by atoms with Crippen LogP contribution < -0.4 is 0 Å². The Morgan fingerprint density at radius 1 is 1.22 bits per heavy atom. The predicted octanol–water partition coefficient (Wildman–Crippen LogP) is 1.94. The summed E-state index contributed by atoms with van der Waals surface area (Å²) in [6.07, 6.45) is 2.40. The van der Waals surface area contributed by atoms with Gasteiger partial charge in [0, 0.05) is 32.6 Å². The van der Waals surface area contributed by atoms with Gasteiger partial charge in [0.25, 0.3) is 0 Å². The Hall–Kier alpha value is -1.75. The molecule has 3 atom stereocenters. The molecule has 2 bridgehead atoms. The summed E-state index contributed by atoms with van der Waals surface area (Å²) in [6.45, 7) is 3.04. The molecule has 2 amide bonds. The van der Waals surface area contributed by atoms with E-state index in [2.05, 4.69) is 15.9 Å². The molecule has 5 rings (SSSR count). The highest BCUT2D eigenvalue weighted by atomic mass is 16.3. The summed E-state index contributed by atoms with van der Waals surface area (Å²) in [4.78, 5) is 19.1. The number of carbonyl (C=O) groups excluding carboxylic acids is 1. The summed E-state index contributed by atoms with van der Waals surface area (Å²) in [7, 11) is 3.67. The maximum atomic E-state index is 12.7. The van der Waals surface area contributed by atoms with Crippen LogP contribution in [0.25, 0.3) is 0 Å². The topological polar surface area (TPSA) is 47.0 Å². The number of nitrogens with zero attached hydrogens (tertiary/aromatic N) is 3. The number of hydrogen-bond acceptors (Lipinski definition) is 3. The summed E-state index contributed by atoms with van der Waals surface area (Å²) < 4.78 is 0. The number of aromatic hydroxyl groups is 1. The van der Waals surface area contributed by atoms with E-state index in [0.29, 0.717) is 29.7 Å². The lowest BCUT2D eigenvalue weighted by Gasteiger charge is -2.51. The Kier molecular flexibility index (Phi) is 3.48. The van der Waals surface area contributed by atoms with Gasteiger partial charge in [0.15, 0.2) is 0 Å². The maximum absolute atomic E-state index is 12.7. The SMILES string of the molecule is CN(C)C(=O)N1C[C@H](c2cccc(O)c2)[C@H]2[C@@H]1C1CCN2CC1. The average molecular weight is 315 g/mol. The Balaban J connectivity index is 1.72. The zero-order valence-corrected chi connectivity index (χ0v) is 13.9. The Morgan fingerprint density at radius 2 is 1.96 bits per heavy atom. The highest BCUT2D eigenvalue weighted by molar-refractivity contribution is 5.75. The molecule has 4 aliphatic heterocycles. The first-order valence-corrected chi connectivity index (χ1v) is 8.57. The monoisotopic (exact) mass is 315 g/mol. The van der Waals surface area contributed by atoms with E-state index in [1.807, 2.05) is 26.2 Å². The van der Waals surface area contributed by atoms with Crippen molar-refractivity contribution in [3.63, 3.8) is 0 Å². The number of likely N-dealkylation sites (tertiary alicyclic amines) is 1. The molecule has 1 N–H and O–H groups in total. The van der Waals surface area contributed by atoms with E-state index in [0.717, 1.165) is 25.2 Å². The highest BCUT2D eigenvalue weighted by Crippen LogP contribution is 2.47. The second-order valence-corrected chi connectivity index (χ2v) is 7.39. The van der Waals surface area contributed by atoms with Crippen LogP contribution in [0.1, 0.15) is 24.3 Å². The maximum Gasteiger partial charge on any atom is 0.319 e. The first kappa shape index (κ1) is 14.8. The van der Waals surface area contributed by atoms with Gasteiger partial charge in [-0.25, -0.2) is 4.79 Å². The second kappa shape index (κ2) is 5.41.